The molecule has 3 aromatic carbocycles. The first kappa shape index (κ1) is 24.6. The zero-order valence-electron chi connectivity index (χ0n) is 20.2. The van der Waals surface area contributed by atoms with Crippen molar-refractivity contribution in [3.05, 3.63) is 105 Å². The van der Waals surface area contributed by atoms with Crippen LogP contribution in [0.15, 0.2) is 86.6 Å². The molecule has 0 spiro atoms. The highest BCUT2D eigenvalue weighted by atomic mass is 79.9. The molecule has 5 aromatic rings. The normalized spacial score (nSPS) is 11.1. The first-order valence-electron chi connectivity index (χ1n) is 12.0. The third-order valence-electron chi connectivity index (χ3n) is 5.98. The van der Waals surface area contributed by atoms with Crippen molar-refractivity contribution in [2.45, 2.75) is 20.0 Å². The van der Waals surface area contributed by atoms with E-state index in [1.54, 1.807) is 18.2 Å². The van der Waals surface area contributed by atoms with Crippen LogP contribution < -0.4 is 20.2 Å². The zero-order valence-corrected chi connectivity index (χ0v) is 21.8. The van der Waals surface area contributed by atoms with E-state index in [2.05, 4.69) is 26.2 Å². The second kappa shape index (κ2) is 10.9. The van der Waals surface area contributed by atoms with Crippen LogP contribution in [0, 0.1) is 0 Å². The number of carbonyl (C=O) groups excluding carboxylic acids is 1. The summed E-state index contributed by atoms with van der Waals surface area (Å²) in [5.41, 5.74) is 2.99. The van der Waals surface area contributed by atoms with Crippen molar-refractivity contribution in [2.24, 2.45) is 0 Å². The Morgan fingerprint density at radius 1 is 1.05 bits per heavy atom. The van der Waals surface area contributed by atoms with E-state index in [4.69, 9.17) is 13.9 Å². The van der Waals surface area contributed by atoms with Crippen LogP contribution in [0.25, 0.3) is 21.9 Å². The molecule has 0 saturated heterocycles. The number of fused-ring (bicyclic) bond motifs is 2. The van der Waals surface area contributed by atoms with Gasteiger partial charge in [0.15, 0.2) is 11.2 Å². The van der Waals surface area contributed by atoms with Crippen LogP contribution in [0.2, 0.25) is 0 Å². The number of carbonyl (C=O) groups is 1. The van der Waals surface area contributed by atoms with Crippen molar-refractivity contribution in [1.29, 1.82) is 0 Å². The molecule has 2 N–H and O–H groups in total. The van der Waals surface area contributed by atoms with Gasteiger partial charge in [-0.3, -0.25) is 9.59 Å². The Bertz CT molecular complexity index is 1620. The minimum Gasteiger partial charge on any atom is -0.494 e. The molecule has 2 heterocycles. The van der Waals surface area contributed by atoms with Gasteiger partial charge in [0, 0.05) is 34.2 Å². The third-order valence-corrected chi connectivity index (χ3v) is 6.51. The van der Waals surface area contributed by atoms with Crippen molar-refractivity contribution < 1.29 is 18.7 Å². The number of aromatic amines is 1. The molecular weight excluding hydrogens is 536 g/mol. The van der Waals surface area contributed by atoms with Gasteiger partial charge >= 0.3 is 0 Å². The summed E-state index contributed by atoms with van der Waals surface area (Å²) >= 11 is 3.41. The predicted molar refractivity (Wildman–Crippen MR) is 146 cm³/mol. The lowest BCUT2D eigenvalue weighted by molar-refractivity contribution is 0.0927. The fourth-order valence-electron chi connectivity index (χ4n) is 4.17. The van der Waals surface area contributed by atoms with Gasteiger partial charge in [-0.25, -0.2) is 0 Å². The highest BCUT2D eigenvalue weighted by Gasteiger charge is 2.15. The number of amides is 1. The number of hydrogen-bond donors (Lipinski definition) is 2. The fourth-order valence-corrected chi connectivity index (χ4v) is 4.43. The Hall–Kier alpha value is -4.04. The maximum absolute atomic E-state index is 12.9. The van der Waals surface area contributed by atoms with Crippen molar-refractivity contribution in [3.63, 3.8) is 0 Å². The van der Waals surface area contributed by atoms with Crippen LogP contribution in [-0.4, -0.2) is 24.0 Å². The molecule has 5 rings (SSSR count). The van der Waals surface area contributed by atoms with Gasteiger partial charge in [-0.15, -0.1) is 0 Å². The number of benzene rings is 3. The van der Waals surface area contributed by atoms with Gasteiger partial charge in [-0.1, -0.05) is 34.1 Å². The number of H-pyrrole nitrogens is 1. The molecule has 188 valence electrons. The van der Waals surface area contributed by atoms with Crippen LogP contribution >= 0.6 is 15.9 Å². The van der Waals surface area contributed by atoms with Gasteiger partial charge in [0.25, 0.3) is 5.91 Å². The zero-order chi connectivity index (χ0) is 25.8. The molecule has 0 bridgehead atoms. The van der Waals surface area contributed by atoms with E-state index in [-0.39, 0.29) is 11.2 Å². The summed E-state index contributed by atoms with van der Waals surface area (Å²) in [5.74, 6) is 0.722. The lowest BCUT2D eigenvalue weighted by atomic mass is 10.1. The van der Waals surface area contributed by atoms with E-state index in [9.17, 15) is 9.59 Å². The lowest BCUT2D eigenvalue weighted by Gasteiger charge is -2.10. The van der Waals surface area contributed by atoms with E-state index < -0.39 is 5.91 Å². The van der Waals surface area contributed by atoms with E-state index in [1.807, 2.05) is 55.6 Å². The molecule has 7 nitrogen and oxygen atoms in total. The van der Waals surface area contributed by atoms with Gasteiger partial charge in [0.05, 0.1) is 6.61 Å². The van der Waals surface area contributed by atoms with Crippen LogP contribution in [0.5, 0.6) is 11.5 Å². The minimum atomic E-state index is -0.449. The number of rotatable bonds is 9. The van der Waals surface area contributed by atoms with Crippen molar-refractivity contribution in [2.75, 3.05) is 13.2 Å². The van der Waals surface area contributed by atoms with Crippen LogP contribution in [0.1, 0.15) is 28.6 Å². The molecule has 0 aliphatic heterocycles. The summed E-state index contributed by atoms with van der Waals surface area (Å²) in [6, 6.07) is 19.9. The second-order valence-electron chi connectivity index (χ2n) is 8.48. The minimum absolute atomic E-state index is 0.0416. The van der Waals surface area contributed by atoms with Gasteiger partial charge in [-0.05, 0) is 66.9 Å². The Balaban J connectivity index is 1.27. The largest absolute Gasteiger partial charge is 0.494 e. The monoisotopic (exact) mass is 560 g/mol. The van der Waals surface area contributed by atoms with Crippen molar-refractivity contribution in [3.8, 4) is 11.5 Å². The summed E-state index contributed by atoms with van der Waals surface area (Å²) in [7, 11) is 0. The SMILES string of the molecule is CCOc1ccc2[nH]cc(CCNC(=O)c3cc(=O)c4c(OCc5ccc(Br)cc5)cccc4o3)c2c1. The molecular formula is C29H25BrN2O5. The Morgan fingerprint density at radius 2 is 1.89 bits per heavy atom. The maximum atomic E-state index is 12.9. The van der Waals surface area contributed by atoms with Crippen LogP contribution in [0.3, 0.4) is 0 Å². The lowest BCUT2D eigenvalue weighted by Crippen LogP contribution is -2.26. The fraction of sp³-hybridized carbons (Fsp3) is 0.172. The maximum Gasteiger partial charge on any atom is 0.287 e. The van der Waals surface area contributed by atoms with Crippen LogP contribution in [0.4, 0.5) is 0 Å². The topological polar surface area (TPSA) is 93.6 Å². The molecule has 0 aliphatic carbocycles. The van der Waals surface area contributed by atoms with Gasteiger partial charge in [-0.2, -0.15) is 0 Å². The molecule has 1 amide bonds. The summed E-state index contributed by atoms with van der Waals surface area (Å²) in [6.45, 7) is 3.22. The van der Waals surface area contributed by atoms with E-state index >= 15 is 0 Å². The van der Waals surface area contributed by atoms with Gasteiger partial charge < -0.3 is 24.2 Å². The van der Waals surface area contributed by atoms with E-state index in [0.29, 0.717) is 42.9 Å². The first-order valence-corrected chi connectivity index (χ1v) is 12.8. The molecule has 0 atom stereocenters. The molecule has 0 unspecified atom stereocenters. The number of aromatic nitrogens is 1. The second-order valence-corrected chi connectivity index (χ2v) is 9.40. The van der Waals surface area contributed by atoms with E-state index in [0.717, 1.165) is 32.3 Å². The summed E-state index contributed by atoms with van der Waals surface area (Å²) in [6.07, 6.45) is 2.53. The summed E-state index contributed by atoms with van der Waals surface area (Å²) in [4.78, 5) is 29.0. The standard InChI is InChI=1S/C29H25BrN2O5/c1-2-35-21-10-11-23-22(14-21)19(16-32-23)12-13-31-29(34)27-15-24(33)28-25(4-3-5-26(28)37-27)36-17-18-6-8-20(30)9-7-18/h3-11,14-16,32H,2,12-13,17H2,1H3,(H,31,34). The summed E-state index contributed by atoms with van der Waals surface area (Å²) in [5, 5.41) is 4.20. The molecule has 0 aliphatic rings. The number of hydrogen-bond acceptors (Lipinski definition) is 5. The van der Waals surface area contributed by atoms with Crippen molar-refractivity contribution >= 4 is 43.7 Å². The Morgan fingerprint density at radius 3 is 2.70 bits per heavy atom. The average Bonchev–Trinajstić information content (AvgIpc) is 3.30. The highest BCUT2D eigenvalue weighted by molar-refractivity contribution is 9.10. The van der Waals surface area contributed by atoms with Crippen LogP contribution in [-0.2, 0) is 13.0 Å². The average molecular weight is 561 g/mol. The summed E-state index contributed by atoms with van der Waals surface area (Å²) < 4.78 is 18.3. The molecule has 8 heteroatoms. The third kappa shape index (κ3) is 5.54. The number of ether oxygens (including phenoxy) is 2. The molecule has 0 saturated carbocycles. The van der Waals surface area contributed by atoms with Crippen molar-refractivity contribution in [1.82, 2.24) is 10.3 Å². The number of nitrogens with one attached hydrogen (secondary N) is 2. The predicted octanol–water partition coefficient (Wildman–Crippen LogP) is 5.99. The molecule has 2 aromatic heterocycles. The number of halogens is 1. The Labute approximate surface area is 221 Å². The molecule has 37 heavy (non-hydrogen) atoms. The van der Waals surface area contributed by atoms with Gasteiger partial charge in [0.2, 0.25) is 0 Å². The van der Waals surface area contributed by atoms with E-state index in [1.165, 1.54) is 6.07 Å². The smallest absolute Gasteiger partial charge is 0.287 e. The van der Waals surface area contributed by atoms with Gasteiger partial charge in [0.1, 0.15) is 29.1 Å². The first-order chi connectivity index (χ1) is 18.0. The molecule has 0 radical (unpaired) electrons. The quantitative estimate of drug-likeness (QED) is 0.231. The highest BCUT2D eigenvalue weighted by Crippen LogP contribution is 2.26. The molecule has 0 fully saturated rings. The Kier molecular flexibility index (Phi) is 7.28.